The van der Waals surface area contributed by atoms with E-state index in [9.17, 15) is 4.79 Å². The third-order valence-corrected chi connectivity index (χ3v) is 3.03. The molecule has 1 unspecified atom stereocenters. The highest BCUT2D eigenvalue weighted by Gasteiger charge is 2.16. The van der Waals surface area contributed by atoms with E-state index in [-0.39, 0.29) is 12.1 Å². The van der Waals surface area contributed by atoms with Gasteiger partial charge < -0.3 is 5.32 Å². The summed E-state index contributed by atoms with van der Waals surface area (Å²) in [5.41, 5.74) is 1.10. The second kappa shape index (κ2) is 7.38. The third-order valence-electron chi connectivity index (χ3n) is 3.03. The summed E-state index contributed by atoms with van der Waals surface area (Å²) in [6, 6.07) is 13.1. The molecular formula is C16H20N4O. The average Bonchev–Trinajstić information content (AvgIpc) is 2.48. The number of nitrogens with zero attached hydrogens (tertiary/aromatic N) is 2. The zero-order valence-corrected chi connectivity index (χ0v) is 12.3. The Hall–Kier alpha value is -2.43. The number of benzene rings is 1. The van der Waals surface area contributed by atoms with E-state index in [2.05, 4.69) is 34.7 Å². The Morgan fingerprint density at radius 1 is 1.14 bits per heavy atom. The number of amides is 2. The monoisotopic (exact) mass is 284 g/mol. The summed E-state index contributed by atoms with van der Waals surface area (Å²) >= 11 is 0. The van der Waals surface area contributed by atoms with Gasteiger partial charge >= 0.3 is 6.03 Å². The van der Waals surface area contributed by atoms with Crippen molar-refractivity contribution in [2.24, 2.45) is 5.92 Å². The van der Waals surface area contributed by atoms with Crippen LogP contribution in [0.25, 0.3) is 0 Å². The van der Waals surface area contributed by atoms with Crippen LogP contribution in [0.5, 0.6) is 0 Å². The van der Waals surface area contributed by atoms with E-state index in [1.54, 1.807) is 18.3 Å². The molecule has 0 aliphatic carbocycles. The average molecular weight is 284 g/mol. The number of carbonyl (C=O) groups excluding carboxylic acids is 1. The van der Waals surface area contributed by atoms with Crippen LogP contribution in [0.1, 0.15) is 31.9 Å². The molecule has 5 nitrogen and oxygen atoms in total. The van der Waals surface area contributed by atoms with Crippen LogP contribution < -0.4 is 10.6 Å². The first-order valence-electron chi connectivity index (χ1n) is 7.05. The van der Waals surface area contributed by atoms with E-state index >= 15 is 0 Å². The minimum Gasteiger partial charge on any atom is -0.331 e. The lowest BCUT2D eigenvalue weighted by atomic mass is 9.97. The van der Waals surface area contributed by atoms with E-state index in [1.807, 2.05) is 30.3 Å². The van der Waals surface area contributed by atoms with Gasteiger partial charge in [-0.2, -0.15) is 5.10 Å². The molecule has 2 N–H and O–H groups in total. The zero-order chi connectivity index (χ0) is 15.1. The SMILES string of the molecule is CC(C)CC(NC(=O)Nc1cccnn1)c1ccccc1. The van der Waals surface area contributed by atoms with E-state index in [1.165, 1.54) is 0 Å². The lowest BCUT2D eigenvalue weighted by molar-refractivity contribution is 0.246. The molecule has 1 aromatic carbocycles. The highest BCUT2D eigenvalue weighted by molar-refractivity contribution is 5.88. The van der Waals surface area contributed by atoms with Crippen LogP contribution in [0.15, 0.2) is 48.7 Å². The maximum atomic E-state index is 12.1. The normalized spacial score (nSPS) is 12.0. The van der Waals surface area contributed by atoms with Gasteiger partial charge in [0.1, 0.15) is 0 Å². The first-order chi connectivity index (χ1) is 10.1. The number of hydrogen-bond acceptors (Lipinski definition) is 3. The fraction of sp³-hybridized carbons (Fsp3) is 0.312. The summed E-state index contributed by atoms with van der Waals surface area (Å²) in [6.45, 7) is 4.27. The van der Waals surface area contributed by atoms with Gasteiger partial charge in [0.05, 0.1) is 6.04 Å². The minimum absolute atomic E-state index is 0.0251. The van der Waals surface area contributed by atoms with Gasteiger partial charge in [-0.05, 0) is 30.0 Å². The summed E-state index contributed by atoms with van der Waals surface area (Å²) in [5, 5.41) is 13.3. The van der Waals surface area contributed by atoms with Crippen molar-refractivity contribution in [2.45, 2.75) is 26.3 Å². The van der Waals surface area contributed by atoms with Crippen molar-refractivity contribution >= 4 is 11.8 Å². The quantitative estimate of drug-likeness (QED) is 0.884. The van der Waals surface area contributed by atoms with Crippen molar-refractivity contribution < 1.29 is 4.79 Å². The number of anilines is 1. The molecule has 1 heterocycles. The van der Waals surface area contributed by atoms with Crippen LogP contribution >= 0.6 is 0 Å². The Labute approximate surface area is 124 Å². The first kappa shape index (κ1) is 15.0. The molecule has 110 valence electrons. The van der Waals surface area contributed by atoms with Gasteiger partial charge in [-0.1, -0.05) is 44.2 Å². The van der Waals surface area contributed by atoms with Crippen LogP contribution in [0.3, 0.4) is 0 Å². The van der Waals surface area contributed by atoms with Crippen LogP contribution in [-0.2, 0) is 0 Å². The molecule has 0 bridgehead atoms. The van der Waals surface area contributed by atoms with Crippen molar-refractivity contribution in [3.05, 3.63) is 54.2 Å². The molecule has 2 amide bonds. The lowest BCUT2D eigenvalue weighted by Crippen LogP contribution is -2.33. The van der Waals surface area contributed by atoms with Crippen molar-refractivity contribution in [1.82, 2.24) is 15.5 Å². The van der Waals surface area contributed by atoms with Crippen LogP contribution in [-0.4, -0.2) is 16.2 Å². The van der Waals surface area contributed by atoms with Crippen molar-refractivity contribution in [2.75, 3.05) is 5.32 Å². The molecule has 0 fully saturated rings. The predicted molar refractivity (Wildman–Crippen MR) is 82.8 cm³/mol. The predicted octanol–water partition coefficient (Wildman–Crippen LogP) is 3.39. The van der Waals surface area contributed by atoms with Crippen LogP contribution in [0.2, 0.25) is 0 Å². The van der Waals surface area contributed by atoms with Gasteiger partial charge in [-0.25, -0.2) is 4.79 Å². The van der Waals surface area contributed by atoms with Gasteiger partial charge in [-0.3, -0.25) is 5.32 Å². The Morgan fingerprint density at radius 3 is 2.52 bits per heavy atom. The molecule has 2 aromatic rings. The second-order valence-corrected chi connectivity index (χ2v) is 5.30. The molecule has 1 aromatic heterocycles. The number of hydrogen-bond donors (Lipinski definition) is 2. The summed E-state index contributed by atoms with van der Waals surface area (Å²) < 4.78 is 0. The molecule has 2 rings (SSSR count). The van der Waals surface area contributed by atoms with Crippen LogP contribution in [0.4, 0.5) is 10.6 Å². The molecule has 5 heteroatoms. The Bertz CT molecular complexity index is 557. The number of rotatable bonds is 5. The number of carbonyl (C=O) groups is 1. The molecule has 0 saturated heterocycles. The maximum Gasteiger partial charge on any atom is 0.320 e. The van der Waals surface area contributed by atoms with Gasteiger partial charge in [0, 0.05) is 6.20 Å². The summed E-state index contributed by atoms with van der Waals surface area (Å²) in [6.07, 6.45) is 2.44. The molecular weight excluding hydrogens is 264 g/mol. The Balaban J connectivity index is 2.03. The van der Waals surface area contributed by atoms with Gasteiger partial charge in [0.15, 0.2) is 5.82 Å². The van der Waals surface area contributed by atoms with Gasteiger partial charge in [0.2, 0.25) is 0 Å². The van der Waals surface area contributed by atoms with Gasteiger partial charge in [-0.15, -0.1) is 5.10 Å². The smallest absolute Gasteiger partial charge is 0.320 e. The molecule has 0 spiro atoms. The fourth-order valence-corrected chi connectivity index (χ4v) is 2.11. The zero-order valence-electron chi connectivity index (χ0n) is 12.3. The summed E-state index contributed by atoms with van der Waals surface area (Å²) in [7, 11) is 0. The number of nitrogens with one attached hydrogen (secondary N) is 2. The van der Waals surface area contributed by atoms with Crippen molar-refractivity contribution in [3.8, 4) is 0 Å². The standard InChI is InChI=1S/C16H20N4O/c1-12(2)11-14(13-7-4-3-5-8-13)18-16(21)19-15-9-6-10-17-20-15/h3-10,12,14H,11H2,1-2H3,(H2,18,19,20,21). The molecule has 21 heavy (non-hydrogen) atoms. The fourth-order valence-electron chi connectivity index (χ4n) is 2.11. The van der Waals surface area contributed by atoms with Crippen molar-refractivity contribution in [3.63, 3.8) is 0 Å². The lowest BCUT2D eigenvalue weighted by Gasteiger charge is -2.21. The van der Waals surface area contributed by atoms with Crippen LogP contribution in [0, 0.1) is 5.92 Å². The summed E-state index contributed by atoms with van der Waals surface area (Å²) in [5.74, 6) is 0.915. The van der Waals surface area contributed by atoms with E-state index in [0.29, 0.717) is 11.7 Å². The Kier molecular flexibility index (Phi) is 5.26. The molecule has 1 atom stereocenters. The third kappa shape index (κ3) is 4.87. The highest BCUT2D eigenvalue weighted by atomic mass is 16.2. The number of aromatic nitrogens is 2. The van der Waals surface area contributed by atoms with E-state index < -0.39 is 0 Å². The largest absolute Gasteiger partial charge is 0.331 e. The molecule has 0 radical (unpaired) electrons. The topological polar surface area (TPSA) is 66.9 Å². The maximum absolute atomic E-state index is 12.1. The first-order valence-corrected chi connectivity index (χ1v) is 7.05. The van der Waals surface area contributed by atoms with Gasteiger partial charge in [0.25, 0.3) is 0 Å². The molecule has 0 aliphatic heterocycles. The van der Waals surface area contributed by atoms with E-state index in [4.69, 9.17) is 0 Å². The number of urea groups is 1. The highest BCUT2D eigenvalue weighted by Crippen LogP contribution is 2.21. The second-order valence-electron chi connectivity index (χ2n) is 5.30. The van der Waals surface area contributed by atoms with Crippen molar-refractivity contribution in [1.29, 1.82) is 0 Å². The minimum atomic E-state index is -0.273. The summed E-state index contributed by atoms with van der Waals surface area (Å²) in [4.78, 5) is 12.1. The molecule has 0 aliphatic rings. The van der Waals surface area contributed by atoms with E-state index in [0.717, 1.165) is 12.0 Å². The Morgan fingerprint density at radius 2 is 1.90 bits per heavy atom. The molecule has 0 saturated carbocycles.